The Morgan fingerprint density at radius 1 is 1.18 bits per heavy atom. The molecule has 2 aromatic carbocycles. The molecule has 0 aliphatic heterocycles. The van der Waals surface area contributed by atoms with Crippen molar-refractivity contribution in [2.75, 3.05) is 14.1 Å². The SMILES string of the molecule is C[C@H](c1c[c-]cc2ccccc12)N(C)C.[Cl][Pd+]. The van der Waals surface area contributed by atoms with Crippen molar-refractivity contribution in [3.8, 4) is 0 Å². The van der Waals surface area contributed by atoms with E-state index in [-0.39, 0.29) is 0 Å². The van der Waals surface area contributed by atoms with Gasteiger partial charge in [-0.05, 0) is 20.1 Å². The molecule has 1 nitrogen and oxygen atoms in total. The van der Waals surface area contributed by atoms with Gasteiger partial charge in [-0.25, -0.2) is 0 Å². The zero-order valence-electron chi connectivity index (χ0n) is 10.2. The molecule has 17 heavy (non-hydrogen) atoms. The van der Waals surface area contributed by atoms with Crippen molar-refractivity contribution >= 4 is 20.3 Å². The summed E-state index contributed by atoms with van der Waals surface area (Å²) in [6, 6.07) is 16.2. The summed E-state index contributed by atoms with van der Waals surface area (Å²) in [5.41, 5.74) is 1.35. The van der Waals surface area contributed by atoms with Crippen LogP contribution in [0.3, 0.4) is 0 Å². The number of nitrogens with zero attached hydrogens (tertiary/aromatic N) is 1. The fourth-order valence-corrected chi connectivity index (χ4v) is 1.81. The van der Waals surface area contributed by atoms with Gasteiger partial charge in [0.25, 0.3) is 0 Å². The van der Waals surface area contributed by atoms with Crippen LogP contribution >= 0.6 is 9.53 Å². The van der Waals surface area contributed by atoms with Gasteiger partial charge < -0.3 is 4.90 Å². The monoisotopic (exact) mass is 339 g/mol. The van der Waals surface area contributed by atoms with E-state index in [1.165, 1.54) is 16.3 Å². The average Bonchev–Trinajstić information content (AvgIpc) is 2.39. The number of rotatable bonds is 2. The van der Waals surface area contributed by atoms with E-state index in [0.717, 1.165) is 0 Å². The van der Waals surface area contributed by atoms with E-state index in [2.05, 4.69) is 90.0 Å². The van der Waals surface area contributed by atoms with Gasteiger partial charge in [0.05, 0.1) is 0 Å². The van der Waals surface area contributed by atoms with Gasteiger partial charge in [0, 0.05) is 0 Å². The molecule has 0 N–H and O–H groups in total. The predicted octanol–water partition coefficient (Wildman–Crippen LogP) is 3.95. The predicted molar refractivity (Wildman–Crippen MR) is 70.7 cm³/mol. The van der Waals surface area contributed by atoms with Crippen molar-refractivity contribution in [1.29, 1.82) is 0 Å². The van der Waals surface area contributed by atoms with Crippen LogP contribution in [0, 0.1) is 6.07 Å². The van der Waals surface area contributed by atoms with E-state index >= 15 is 0 Å². The summed E-state index contributed by atoms with van der Waals surface area (Å²) in [7, 11) is 8.70. The number of fused-ring (bicyclic) bond motifs is 1. The molecule has 0 aliphatic rings. The fourth-order valence-electron chi connectivity index (χ4n) is 1.81. The van der Waals surface area contributed by atoms with E-state index in [4.69, 9.17) is 0 Å². The van der Waals surface area contributed by atoms with E-state index in [0.29, 0.717) is 6.04 Å². The fraction of sp³-hybridized carbons (Fsp3) is 0.286. The van der Waals surface area contributed by atoms with Gasteiger partial charge in [-0.2, -0.15) is 18.2 Å². The van der Waals surface area contributed by atoms with Gasteiger partial charge in [-0.1, -0.05) is 25.1 Å². The van der Waals surface area contributed by atoms with E-state index in [1.54, 1.807) is 0 Å². The minimum absolute atomic E-state index is 0.423. The number of benzene rings is 2. The number of hydrogen-bond donors (Lipinski definition) is 0. The van der Waals surface area contributed by atoms with Crippen LogP contribution in [-0.4, -0.2) is 19.0 Å². The molecular weight excluding hydrogens is 324 g/mol. The Morgan fingerprint density at radius 2 is 1.82 bits per heavy atom. The second-order valence-electron chi connectivity index (χ2n) is 4.14. The maximum absolute atomic E-state index is 4.49. The zero-order chi connectivity index (χ0) is 12.8. The molecule has 0 aromatic heterocycles. The van der Waals surface area contributed by atoms with Crippen LogP contribution in [0.2, 0.25) is 0 Å². The van der Waals surface area contributed by atoms with Crippen molar-refractivity contribution < 1.29 is 18.2 Å². The molecular formula is C14H16ClNPd. The Bertz CT molecular complexity index is 465. The van der Waals surface area contributed by atoms with E-state index < -0.39 is 0 Å². The molecule has 0 bridgehead atoms. The van der Waals surface area contributed by atoms with Gasteiger partial charge in [0.2, 0.25) is 0 Å². The summed E-state index contributed by atoms with van der Waals surface area (Å²) in [6.07, 6.45) is 0. The summed E-state index contributed by atoms with van der Waals surface area (Å²) in [5.74, 6) is 0. The maximum atomic E-state index is 4.49. The van der Waals surface area contributed by atoms with Crippen LogP contribution in [0.5, 0.6) is 0 Å². The Balaban J connectivity index is 0.000000686. The van der Waals surface area contributed by atoms with Gasteiger partial charge in [0.15, 0.2) is 0 Å². The third-order valence-corrected chi connectivity index (χ3v) is 2.97. The Labute approximate surface area is 118 Å². The van der Waals surface area contributed by atoms with Gasteiger partial charge in [0.1, 0.15) is 0 Å². The van der Waals surface area contributed by atoms with Crippen LogP contribution in [0.1, 0.15) is 18.5 Å². The van der Waals surface area contributed by atoms with Crippen molar-refractivity contribution in [1.82, 2.24) is 4.90 Å². The Morgan fingerprint density at radius 3 is 2.47 bits per heavy atom. The number of halogens is 1. The number of hydrogen-bond acceptors (Lipinski definition) is 1. The van der Waals surface area contributed by atoms with E-state index in [1.807, 2.05) is 6.07 Å². The van der Waals surface area contributed by atoms with Crippen LogP contribution in [-0.2, 0) is 18.2 Å². The standard InChI is InChI=1S/C14H16N.ClH.Pd/c1-11(15(2)3)13-10-6-8-12-7-4-5-9-14(12)13;;/h4-5,7-11H,1-3H3;1H;/q-1;;+2/p-1/t11-;;/m1../s1. The quantitative estimate of drug-likeness (QED) is 0.591. The summed E-state index contributed by atoms with van der Waals surface area (Å²) in [4.78, 5) is 2.22. The molecule has 0 saturated heterocycles. The molecule has 0 saturated carbocycles. The van der Waals surface area contributed by atoms with Crippen molar-refractivity contribution in [3.05, 3.63) is 48.0 Å². The molecule has 0 heterocycles. The van der Waals surface area contributed by atoms with Crippen molar-refractivity contribution in [2.45, 2.75) is 13.0 Å². The first kappa shape index (κ1) is 14.7. The first-order valence-corrected chi connectivity index (χ1v) is 7.37. The van der Waals surface area contributed by atoms with Gasteiger partial charge in [-0.15, -0.1) is 22.4 Å². The van der Waals surface area contributed by atoms with Crippen molar-refractivity contribution in [2.24, 2.45) is 0 Å². The topological polar surface area (TPSA) is 3.24 Å². The van der Waals surface area contributed by atoms with Crippen LogP contribution in [0.15, 0.2) is 36.4 Å². The van der Waals surface area contributed by atoms with E-state index in [9.17, 15) is 0 Å². The second kappa shape index (κ2) is 7.14. The molecule has 0 unspecified atom stereocenters. The first-order valence-electron chi connectivity index (χ1n) is 5.37. The molecule has 0 spiro atoms. The summed E-state index contributed by atoms with van der Waals surface area (Å²) >= 11 is 2.22. The third-order valence-electron chi connectivity index (χ3n) is 2.97. The van der Waals surface area contributed by atoms with Crippen LogP contribution in [0.4, 0.5) is 0 Å². The molecule has 0 fully saturated rings. The molecule has 1 atom stereocenters. The molecule has 0 radical (unpaired) electrons. The molecule has 0 aliphatic carbocycles. The summed E-state index contributed by atoms with van der Waals surface area (Å²) in [6.45, 7) is 2.22. The zero-order valence-corrected chi connectivity index (χ0v) is 12.5. The molecule has 2 aromatic rings. The second-order valence-corrected chi connectivity index (χ2v) is 4.14. The molecule has 3 heteroatoms. The Hall–Kier alpha value is -0.388. The van der Waals surface area contributed by atoms with Crippen LogP contribution in [0.25, 0.3) is 10.8 Å². The normalized spacial score (nSPS) is 12.2. The molecule has 2 rings (SSSR count). The summed E-state index contributed by atoms with van der Waals surface area (Å²) < 4.78 is 0. The summed E-state index contributed by atoms with van der Waals surface area (Å²) in [5, 5.41) is 2.60. The average molecular weight is 340 g/mol. The first-order chi connectivity index (χ1) is 8.20. The minimum atomic E-state index is 0.423. The molecule has 0 amide bonds. The van der Waals surface area contributed by atoms with Gasteiger partial charge >= 0.3 is 27.7 Å². The third kappa shape index (κ3) is 3.53. The van der Waals surface area contributed by atoms with Crippen LogP contribution < -0.4 is 0 Å². The van der Waals surface area contributed by atoms with Crippen molar-refractivity contribution in [3.63, 3.8) is 0 Å². The Kier molecular flexibility index (Phi) is 6.16. The molecule has 94 valence electrons. The van der Waals surface area contributed by atoms with Gasteiger partial charge in [-0.3, -0.25) is 0 Å².